The highest BCUT2D eigenvalue weighted by atomic mass is 19.4. The smallest absolute Gasteiger partial charge is 0.444 e. The lowest BCUT2D eigenvalue weighted by molar-refractivity contribution is -0.274. The van der Waals surface area contributed by atoms with E-state index in [9.17, 15) is 27.2 Å². The Hall–Kier alpha value is -3.03. The Balaban J connectivity index is 2.23. The minimum Gasteiger partial charge on any atom is -0.444 e. The van der Waals surface area contributed by atoms with E-state index in [0.717, 1.165) is 17.0 Å². The van der Waals surface area contributed by atoms with Gasteiger partial charge in [0.15, 0.2) is 0 Å². The Morgan fingerprint density at radius 1 is 1.28 bits per heavy atom. The van der Waals surface area contributed by atoms with Crippen molar-refractivity contribution in [1.29, 1.82) is 0 Å². The molecule has 1 saturated heterocycles. The van der Waals surface area contributed by atoms with E-state index < -0.39 is 47.6 Å². The van der Waals surface area contributed by atoms with Gasteiger partial charge in [0.05, 0.1) is 18.8 Å². The third-order valence-corrected chi connectivity index (χ3v) is 3.78. The summed E-state index contributed by atoms with van der Waals surface area (Å²) in [6, 6.07) is 2.04. The maximum Gasteiger partial charge on any atom is 0.571 e. The highest BCUT2D eigenvalue weighted by Crippen LogP contribution is 2.39. The van der Waals surface area contributed by atoms with Crippen LogP contribution in [0.3, 0.4) is 0 Å². The molecule has 1 aliphatic heterocycles. The lowest BCUT2D eigenvalue weighted by atomic mass is 10.1. The predicted molar refractivity (Wildman–Crippen MR) is 94.3 cm³/mol. The molecule has 1 aliphatic rings. The van der Waals surface area contributed by atoms with E-state index >= 15 is 0 Å². The van der Waals surface area contributed by atoms with Crippen LogP contribution < -0.4 is 10.1 Å². The largest absolute Gasteiger partial charge is 0.571 e. The van der Waals surface area contributed by atoms with Crippen molar-refractivity contribution in [3.8, 4) is 5.75 Å². The number of hydrogen-bond acceptors (Lipinski definition) is 4. The number of ether oxygens (including phenoxy) is 2. The normalized spacial score (nSPS) is 19.4. The Morgan fingerprint density at radius 3 is 2.48 bits per heavy atom. The van der Waals surface area contributed by atoms with Gasteiger partial charge in [-0.15, -0.1) is 13.2 Å². The van der Waals surface area contributed by atoms with Crippen LogP contribution in [0.5, 0.6) is 5.75 Å². The Morgan fingerprint density at radius 2 is 1.93 bits per heavy atom. The first kappa shape index (κ1) is 22.3. The molecule has 2 atom stereocenters. The number of nitrogens with one attached hydrogen (secondary N) is 1. The number of benzene rings is 1. The van der Waals surface area contributed by atoms with E-state index in [1.54, 1.807) is 20.8 Å². The number of hydrogen-bond donors (Lipinski definition) is 1. The third-order valence-electron chi connectivity index (χ3n) is 3.78. The van der Waals surface area contributed by atoms with Crippen LogP contribution in [0.25, 0.3) is 4.85 Å². The molecule has 1 fully saturated rings. The van der Waals surface area contributed by atoms with Crippen molar-refractivity contribution >= 4 is 23.4 Å². The minimum absolute atomic E-state index is 0.252. The molecule has 1 aromatic carbocycles. The second-order valence-electron chi connectivity index (χ2n) is 7.28. The van der Waals surface area contributed by atoms with Crippen LogP contribution >= 0.6 is 0 Å². The highest BCUT2D eigenvalue weighted by Gasteiger charge is 2.42. The summed E-state index contributed by atoms with van der Waals surface area (Å²) in [5.74, 6) is -1.64. The number of halogens is 4. The summed E-state index contributed by atoms with van der Waals surface area (Å²) in [5, 5.41) is 2.28. The molecule has 11 heteroatoms. The van der Waals surface area contributed by atoms with Gasteiger partial charge in [0.2, 0.25) is 5.91 Å². The maximum absolute atomic E-state index is 13.9. The fraction of sp³-hybridized carbons (Fsp3) is 0.500. The van der Waals surface area contributed by atoms with Crippen molar-refractivity contribution in [2.75, 3.05) is 11.9 Å². The molecule has 1 N–H and O–H groups in total. The van der Waals surface area contributed by atoms with Gasteiger partial charge < -0.3 is 14.8 Å². The zero-order chi connectivity index (χ0) is 22.0. The molecule has 0 spiro atoms. The second kappa shape index (κ2) is 8.14. The van der Waals surface area contributed by atoms with Crippen LogP contribution in [-0.4, -0.2) is 47.6 Å². The average molecular weight is 417 g/mol. The van der Waals surface area contributed by atoms with E-state index in [-0.39, 0.29) is 18.7 Å². The Labute approximate surface area is 164 Å². The summed E-state index contributed by atoms with van der Waals surface area (Å²) in [7, 11) is 0. The third kappa shape index (κ3) is 5.97. The molecule has 0 radical (unpaired) electrons. The van der Waals surface area contributed by atoms with Gasteiger partial charge in [0.25, 0.3) is 5.69 Å². The number of likely N-dealkylation sites (tertiary alicyclic amines) is 1. The summed E-state index contributed by atoms with van der Waals surface area (Å²) >= 11 is 0. The fourth-order valence-electron chi connectivity index (χ4n) is 2.72. The maximum atomic E-state index is 13.9. The summed E-state index contributed by atoms with van der Waals surface area (Å²) in [5.41, 5.74) is -1.69. The second-order valence-corrected chi connectivity index (χ2v) is 7.28. The first-order chi connectivity index (χ1) is 13.3. The van der Waals surface area contributed by atoms with E-state index in [0.29, 0.717) is 0 Å². The molecule has 158 valence electrons. The SMILES string of the molecule is [C-]#[N+]c1c(NC(=O)[C@@H]2C[C@@H](F)CN2C(=O)OC(C)(C)C)cccc1OC(F)(F)F. The number of carbonyl (C=O) groups is 2. The number of alkyl halides is 4. The van der Waals surface area contributed by atoms with Crippen LogP contribution in [0.4, 0.5) is 33.7 Å². The fourth-order valence-corrected chi connectivity index (χ4v) is 2.72. The highest BCUT2D eigenvalue weighted by molar-refractivity contribution is 6.00. The van der Waals surface area contributed by atoms with Crippen molar-refractivity contribution in [1.82, 2.24) is 4.90 Å². The van der Waals surface area contributed by atoms with Gasteiger partial charge in [-0.2, -0.15) is 0 Å². The molecular formula is C18H19F4N3O4. The van der Waals surface area contributed by atoms with Crippen LogP contribution in [0, 0.1) is 6.57 Å². The van der Waals surface area contributed by atoms with Crippen molar-refractivity contribution in [2.24, 2.45) is 0 Å². The van der Waals surface area contributed by atoms with Gasteiger partial charge in [-0.25, -0.2) is 14.0 Å². The van der Waals surface area contributed by atoms with Gasteiger partial charge in [0.1, 0.15) is 23.6 Å². The van der Waals surface area contributed by atoms with Crippen LogP contribution in [0.2, 0.25) is 0 Å². The van der Waals surface area contributed by atoms with E-state index in [1.165, 1.54) is 6.07 Å². The van der Waals surface area contributed by atoms with Crippen molar-refractivity contribution in [3.63, 3.8) is 0 Å². The summed E-state index contributed by atoms with van der Waals surface area (Å²) < 4.78 is 60.4. The summed E-state index contributed by atoms with van der Waals surface area (Å²) in [4.78, 5) is 28.8. The molecule has 0 bridgehead atoms. The molecule has 0 saturated carbocycles. The molecule has 1 aromatic rings. The monoisotopic (exact) mass is 417 g/mol. The Kier molecular flexibility index (Phi) is 6.25. The van der Waals surface area contributed by atoms with Gasteiger partial charge in [-0.05, 0) is 32.9 Å². The molecular weight excluding hydrogens is 398 g/mol. The van der Waals surface area contributed by atoms with Crippen molar-refractivity contribution in [2.45, 2.75) is 51.4 Å². The van der Waals surface area contributed by atoms with E-state index in [2.05, 4.69) is 14.9 Å². The van der Waals surface area contributed by atoms with Gasteiger partial charge in [-0.1, -0.05) is 6.07 Å². The van der Waals surface area contributed by atoms with Gasteiger partial charge >= 0.3 is 12.5 Å². The van der Waals surface area contributed by atoms with Crippen molar-refractivity contribution in [3.05, 3.63) is 29.6 Å². The summed E-state index contributed by atoms with van der Waals surface area (Å²) in [6.07, 6.45) is -7.70. The zero-order valence-electron chi connectivity index (χ0n) is 15.8. The lowest BCUT2D eigenvalue weighted by Gasteiger charge is -2.28. The number of nitrogens with zero attached hydrogens (tertiary/aromatic N) is 2. The first-order valence-corrected chi connectivity index (χ1v) is 8.51. The summed E-state index contributed by atoms with van der Waals surface area (Å²) in [6.45, 7) is 11.6. The number of carbonyl (C=O) groups excluding carboxylic acids is 2. The van der Waals surface area contributed by atoms with Crippen LogP contribution in [-0.2, 0) is 9.53 Å². The minimum atomic E-state index is -5.03. The molecule has 29 heavy (non-hydrogen) atoms. The van der Waals surface area contributed by atoms with E-state index in [4.69, 9.17) is 11.3 Å². The lowest BCUT2D eigenvalue weighted by Crippen LogP contribution is -2.45. The molecule has 2 rings (SSSR count). The molecule has 1 heterocycles. The van der Waals surface area contributed by atoms with Gasteiger partial charge in [-0.3, -0.25) is 9.69 Å². The topological polar surface area (TPSA) is 72.2 Å². The quantitative estimate of drug-likeness (QED) is 0.584. The molecule has 0 aromatic heterocycles. The predicted octanol–water partition coefficient (Wildman–Crippen LogP) is 4.42. The molecule has 0 aliphatic carbocycles. The number of anilines is 1. The molecule has 0 unspecified atom stereocenters. The number of amides is 2. The van der Waals surface area contributed by atoms with Gasteiger partial charge in [0, 0.05) is 6.42 Å². The van der Waals surface area contributed by atoms with Crippen LogP contribution in [0.15, 0.2) is 18.2 Å². The molecule has 2 amide bonds. The van der Waals surface area contributed by atoms with Crippen molar-refractivity contribution < 1.29 is 36.6 Å². The van der Waals surface area contributed by atoms with Crippen LogP contribution in [0.1, 0.15) is 27.2 Å². The zero-order valence-corrected chi connectivity index (χ0v) is 15.8. The average Bonchev–Trinajstić information content (AvgIpc) is 2.94. The standard InChI is InChI=1S/C18H19F4N3O4/c1-17(2,3)29-16(27)25-9-10(19)8-12(25)15(26)24-11-6-5-7-13(14(11)23-4)28-18(20,21)22/h5-7,10,12H,8-9H2,1-3H3,(H,24,26)/t10-,12+/m1/s1. The number of para-hydroxylation sites is 1. The number of rotatable bonds is 3. The molecule has 7 nitrogen and oxygen atoms in total. The Bertz CT molecular complexity index is 830. The first-order valence-electron chi connectivity index (χ1n) is 8.51. The van der Waals surface area contributed by atoms with E-state index in [1.807, 2.05) is 0 Å².